The fraction of sp³-hybridized carbons (Fsp3) is 0.229. The van der Waals surface area contributed by atoms with Crippen LogP contribution in [0.3, 0.4) is 0 Å². The number of fused-ring (bicyclic) bond motifs is 2. The Morgan fingerprint density at radius 2 is 1.61 bits per heavy atom. The second-order valence-electron chi connectivity index (χ2n) is 11.0. The molecule has 0 saturated carbocycles. The first-order valence-electron chi connectivity index (χ1n) is 14.4. The molecule has 1 fully saturated rings. The van der Waals surface area contributed by atoms with E-state index in [1.165, 1.54) is 29.2 Å². The highest BCUT2D eigenvalue weighted by atomic mass is 35.5. The fourth-order valence-electron chi connectivity index (χ4n) is 5.83. The zero-order chi connectivity index (χ0) is 31.0. The van der Waals surface area contributed by atoms with Gasteiger partial charge in [0.2, 0.25) is 17.6 Å². The van der Waals surface area contributed by atoms with E-state index in [0.717, 1.165) is 5.56 Å². The first kappa shape index (κ1) is 29.4. The van der Waals surface area contributed by atoms with Gasteiger partial charge in [-0.3, -0.25) is 19.3 Å². The van der Waals surface area contributed by atoms with Crippen LogP contribution in [0.1, 0.15) is 45.5 Å². The molecule has 44 heavy (non-hydrogen) atoms. The van der Waals surface area contributed by atoms with Crippen LogP contribution >= 0.6 is 11.6 Å². The average molecular weight is 611 g/mol. The van der Waals surface area contributed by atoms with Crippen LogP contribution in [0.2, 0.25) is 0 Å². The molecule has 7 nitrogen and oxygen atoms in total. The van der Waals surface area contributed by atoms with Gasteiger partial charge in [-0.15, -0.1) is 11.6 Å². The number of hydrogen-bond donors (Lipinski definition) is 0. The van der Waals surface area contributed by atoms with Gasteiger partial charge >= 0.3 is 5.97 Å². The third kappa shape index (κ3) is 5.53. The monoisotopic (exact) mass is 610 g/mol. The van der Waals surface area contributed by atoms with Gasteiger partial charge in [0, 0.05) is 28.8 Å². The van der Waals surface area contributed by atoms with Gasteiger partial charge in [0.15, 0.2) is 6.10 Å². The van der Waals surface area contributed by atoms with Crippen LogP contribution in [0.15, 0.2) is 84.9 Å². The number of carbonyl (C=O) groups excluding carboxylic acids is 4. The Hall–Kier alpha value is -4.69. The van der Waals surface area contributed by atoms with Crippen LogP contribution in [0, 0.1) is 24.6 Å². The van der Waals surface area contributed by atoms with E-state index in [1.54, 1.807) is 36.4 Å². The Balaban J connectivity index is 1.32. The number of halogens is 2. The van der Waals surface area contributed by atoms with Crippen molar-refractivity contribution in [3.63, 3.8) is 0 Å². The summed E-state index contributed by atoms with van der Waals surface area (Å²) in [6.07, 6.45) is 3.92. The number of pyridine rings is 1. The molecule has 3 atom stereocenters. The molecule has 1 aromatic heterocycles. The number of aromatic nitrogens is 1. The van der Waals surface area contributed by atoms with Gasteiger partial charge < -0.3 is 4.74 Å². The maximum atomic E-state index is 13.7. The van der Waals surface area contributed by atoms with E-state index in [0.29, 0.717) is 40.7 Å². The fourth-order valence-corrected chi connectivity index (χ4v) is 6.03. The van der Waals surface area contributed by atoms with E-state index in [2.05, 4.69) is 0 Å². The number of amides is 2. The van der Waals surface area contributed by atoms with E-state index in [-0.39, 0.29) is 47.1 Å². The van der Waals surface area contributed by atoms with E-state index in [4.69, 9.17) is 21.3 Å². The van der Waals surface area contributed by atoms with Crippen molar-refractivity contribution in [1.82, 2.24) is 4.98 Å². The number of allylic oxidation sites excluding steroid dienone is 2. The number of benzene rings is 3. The van der Waals surface area contributed by atoms with Crippen molar-refractivity contribution in [3.8, 4) is 11.3 Å². The van der Waals surface area contributed by atoms with E-state index < -0.39 is 23.7 Å². The highest BCUT2D eigenvalue weighted by molar-refractivity contribution is 6.22. The van der Waals surface area contributed by atoms with Gasteiger partial charge in [-0.2, -0.15) is 0 Å². The molecule has 3 aromatic carbocycles. The smallest absolute Gasteiger partial charge is 0.339 e. The zero-order valence-corrected chi connectivity index (χ0v) is 24.6. The predicted molar refractivity (Wildman–Crippen MR) is 165 cm³/mol. The molecule has 0 bridgehead atoms. The molecule has 0 spiro atoms. The Labute approximate surface area is 258 Å². The van der Waals surface area contributed by atoms with Gasteiger partial charge in [-0.1, -0.05) is 35.9 Å². The molecular formula is C35H28ClFN2O5. The van der Waals surface area contributed by atoms with Gasteiger partial charge in [0.05, 0.1) is 34.3 Å². The highest BCUT2D eigenvalue weighted by Crippen LogP contribution is 2.38. The number of nitrogens with zero attached hydrogens (tertiary/aromatic N) is 2. The highest BCUT2D eigenvalue weighted by Gasteiger charge is 2.47. The number of Topliss-reactive ketones (excluding diaryl/α,β-unsaturated/α-hetero) is 1. The zero-order valence-electron chi connectivity index (χ0n) is 23.8. The van der Waals surface area contributed by atoms with Crippen molar-refractivity contribution in [2.24, 2.45) is 11.8 Å². The van der Waals surface area contributed by atoms with E-state index >= 15 is 0 Å². The van der Waals surface area contributed by atoms with E-state index in [9.17, 15) is 23.6 Å². The summed E-state index contributed by atoms with van der Waals surface area (Å²) in [5, 5.41) is 0.554. The maximum absolute atomic E-state index is 13.7. The summed E-state index contributed by atoms with van der Waals surface area (Å²) in [6.45, 7) is 1.89. The van der Waals surface area contributed by atoms with Crippen molar-refractivity contribution in [2.75, 3.05) is 10.8 Å². The van der Waals surface area contributed by atoms with Gasteiger partial charge in [-0.05, 0) is 74.4 Å². The number of esters is 1. The molecule has 2 amide bonds. The summed E-state index contributed by atoms with van der Waals surface area (Å²) in [5.41, 5.74) is 3.48. The number of ketones is 1. The van der Waals surface area contributed by atoms with Crippen LogP contribution in [-0.4, -0.2) is 40.5 Å². The standard InChI is InChI=1S/C35H28ClFN2O5/c1-20-6-15-29-27(18-20)28(35(43)44-31(16-17-36)32(40)22-7-11-23(37)12-8-22)19-30(38-29)21-9-13-24(14-10-21)39-33(41)25-4-2-3-5-26(25)34(39)42/h2-3,6-15,18-19,25-26,31H,4-5,16-17H2,1H3. The molecule has 6 rings (SSSR count). The second kappa shape index (κ2) is 12.1. The lowest BCUT2D eigenvalue weighted by Gasteiger charge is -2.18. The molecule has 1 aliphatic carbocycles. The molecule has 2 aliphatic rings. The molecule has 4 aromatic rings. The molecule has 0 radical (unpaired) electrons. The Kier molecular flexibility index (Phi) is 8.10. The lowest BCUT2D eigenvalue weighted by Crippen LogP contribution is -2.30. The number of hydrogen-bond acceptors (Lipinski definition) is 6. The number of anilines is 1. The predicted octanol–water partition coefficient (Wildman–Crippen LogP) is 6.84. The summed E-state index contributed by atoms with van der Waals surface area (Å²) >= 11 is 5.95. The summed E-state index contributed by atoms with van der Waals surface area (Å²) in [4.78, 5) is 58.9. The van der Waals surface area contributed by atoms with Crippen LogP contribution in [0.4, 0.5) is 10.1 Å². The van der Waals surface area contributed by atoms with E-state index in [1.807, 2.05) is 31.2 Å². The van der Waals surface area contributed by atoms with Gasteiger partial charge in [0.25, 0.3) is 0 Å². The van der Waals surface area contributed by atoms with Crippen LogP contribution in [0.5, 0.6) is 0 Å². The van der Waals surface area contributed by atoms with Gasteiger partial charge in [0.1, 0.15) is 5.82 Å². The largest absolute Gasteiger partial charge is 0.450 e. The molecular weight excluding hydrogens is 583 g/mol. The van der Waals surface area contributed by atoms with Crippen molar-refractivity contribution < 1.29 is 28.3 Å². The van der Waals surface area contributed by atoms with Gasteiger partial charge in [-0.25, -0.2) is 14.2 Å². The van der Waals surface area contributed by atoms with Crippen molar-refractivity contribution in [1.29, 1.82) is 0 Å². The third-order valence-electron chi connectivity index (χ3n) is 8.15. The van der Waals surface area contributed by atoms with Crippen LogP contribution in [-0.2, 0) is 14.3 Å². The summed E-state index contributed by atoms with van der Waals surface area (Å²) in [5.74, 6) is -2.67. The average Bonchev–Trinajstić information content (AvgIpc) is 3.29. The molecule has 0 N–H and O–H groups in total. The normalized spacial score (nSPS) is 18.4. The summed E-state index contributed by atoms with van der Waals surface area (Å²) < 4.78 is 19.2. The Bertz CT molecular complexity index is 1790. The maximum Gasteiger partial charge on any atom is 0.339 e. The summed E-state index contributed by atoms with van der Waals surface area (Å²) in [6, 6.07) is 19.0. The number of ether oxygens (including phenoxy) is 1. The molecule has 1 saturated heterocycles. The Morgan fingerprint density at radius 1 is 0.955 bits per heavy atom. The molecule has 2 heterocycles. The van der Waals surface area contributed by atoms with Crippen LogP contribution in [0.25, 0.3) is 22.2 Å². The molecule has 222 valence electrons. The van der Waals surface area contributed by atoms with Crippen LogP contribution < -0.4 is 4.90 Å². The minimum Gasteiger partial charge on any atom is -0.450 e. The minimum absolute atomic E-state index is 0.0682. The molecule has 9 heteroatoms. The first-order valence-corrected chi connectivity index (χ1v) is 14.9. The minimum atomic E-state index is -1.17. The second-order valence-corrected chi connectivity index (χ2v) is 11.4. The SMILES string of the molecule is Cc1ccc2nc(-c3ccc(N4C(=O)C5CC=CCC5C4=O)cc3)cc(C(=O)OC(CCCl)C(=O)c3ccc(F)cc3)c2c1. The molecule has 1 aliphatic heterocycles. The lowest BCUT2D eigenvalue weighted by molar-refractivity contribution is -0.122. The quantitative estimate of drug-likeness (QED) is 0.0713. The first-order chi connectivity index (χ1) is 21.2. The number of alkyl halides is 1. The van der Waals surface area contributed by atoms with Crippen molar-refractivity contribution >= 4 is 51.8 Å². The Morgan fingerprint density at radius 3 is 2.25 bits per heavy atom. The number of rotatable bonds is 8. The van der Waals surface area contributed by atoms with Crippen molar-refractivity contribution in [3.05, 3.63) is 107 Å². The van der Waals surface area contributed by atoms with Crippen molar-refractivity contribution in [2.45, 2.75) is 32.3 Å². The number of carbonyl (C=O) groups is 4. The number of imide groups is 1. The molecule has 3 unspecified atom stereocenters. The summed E-state index contributed by atoms with van der Waals surface area (Å²) in [7, 11) is 0. The third-order valence-corrected chi connectivity index (χ3v) is 8.37. The topological polar surface area (TPSA) is 93.6 Å². The lowest BCUT2D eigenvalue weighted by atomic mass is 9.85. The number of aryl methyl sites for hydroxylation is 1.